The maximum Gasteiger partial charge on any atom is 0.307 e. The lowest BCUT2D eigenvalue weighted by molar-refractivity contribution is 0.409. The summed E-state index contributed by atoms with van der Waals surface area (Å²) in [5, 5.41) is 15.2. The summed E-state index contributed by atoms with van der Waals surface area (Å²) < 4.78 is 1.74. The van der Waals surface area contributed by atoms with E-state index >= 15 is 0 Å². The molecule has 3 aromatic rings. The number of hydrogen-bond acceptors (Lipinski definition) is 8. The number of anilines is 1. The Labute approximate surface area is 170 Å². The number of thiazole rings is 1. The minimum atomic E-state index is -0.298. The maximum absolute atomic E-state index is 11.5. The summed E-state index contributed by atoms with van der Waals surface area (Å²) in [5.41, 5.74) is 1.46. The van der Waals surface area contributed by atoms with Gasteiger partial charge in [0.25, 0.3) is 0 Å². The minimum absolute atomic E-state index is 0.135. The van der Waals surface area contributed by atoms with Crippen molar-refractivity contribution >= 4 is 28.9 Å². The molecule has 10 heteroatoms. The standard InChI is InChI=1S/C19H23N7O2S/c1-24-6-5-13(10-24)25(2)15-8-16(21-12-3-4-12)26-17(22-15)11(9-20-26)7-14-18(27)23-19(28)29-14/h7-9,12-13,27H,3-6,10H2,1-2H3,(H,23,28)/b11-7-,21-16?. The largest absolute Gasteiger partial charge is 0.493 e. The first-order valence-electron chi connectivity index (χ1n) is 9.76. The Kier molecular flexibility index (Phi) is 4.39. The number of aromatic nitrogens is 4. The highest BCUT2D eigenvalue weighted by atomic mass is 32.1. The van der Waals surface area contributed by atoms with Crippen LogP contribution in [0.1, 0.15) is 24.1 Å². The number of hydrogen-bond donors (Lipinski definition) is 2. The van der Waals surface area contributed by atoms with Crippen molar-refractivity contribution < 1.29 is 5.11 Å². The van der Waals surface area contributed by atoms with E-state index in [1.54, 1.807) is 16.8 Å². The van der Waals surface area contributed by atoms with Crippen molar-refractivity contribution in [2.24, 2.45) is 4.99 Å². The summed E-state index contributed by atoms with van der Waals surface area (Å²) in [7, 11) is 4.21. The number of nitrogens with zero attached hydrogens (tertiary/aromatic N) is 6. The van der Waals surface area contributed by atoms with E-state index in [9.17, 15) is 9.90 Å². The Morgan fingerprint density at radius 1 is 1.41 bits per heavy atom. The summed E-state index contributed by atoms with van der Waals surface area (Å²) in [6, 6.07) is 2.76. The first-order chi connectivity index (χ1) is 14.0. The highest BCUT2D eigenvalue weighted by Gasteiger charge is 2.25. The summed E-state index contributed by atoms with van der Waals surface area (Å²) in [5.74, 6) is 0.725. The second kappa shape index (κ2) is 6.96. The van der Waals surface area contributed by atoms with Crippen LogP contribution in [-0.2, 0) is 0 Å². The lowest BCUT2D eigenvalue weighted by atomic mass is 10.2. The van der Waals surface area contributed by atoms with Gasteiger partial charge in [-0.15, -0.1) is 0 Å². The first-order valence-corrected chi connectivity index (χ1v) is 10.6. The molecule has 3 aromatic heterocycles. The van der Waals surface area contributed by atoms with Crippen LogP contribution in [-0.4, -0.2) is 68.9 Å². The third-order valence-electron chi connectivity index (χ3n) is 5.55. The molecule has 0 amide bonds. The van der Waals surface area contributed by atoms with E-state index in [0.717, 1.165) is 60.2 Å². The second-order valence-corrected chi connectivity index (χ2v) is 8.87. The van der Waals surface area contributed by atoms with Gasteiger partial charge >= 0.3 is 4.87 Å². The number of aromatic amines is 1. The number of rotatable bonds is 4. The lowest BCUT2D eigenvalue weighted by Crippen LogP contribution is -2.35. The van der Waals surface area contributed by atoms with E-state index in [1.165, 1.54) is 0 Å². The van der Waals surface area contributed by atoms with Crippen LogP contribution in [0.15, 0.2) is 22.1 Å². The topological polar surface area (TPSA) is 102 Å². The average Bonchev–Trinajstić information content (AvgIpc) is 3.09. The van der Waals surface area contributed by atoms with Crippen molar-refractivity contribution in [3.05, 3.63) is 37.5 Å². The fourth-order valence-corrected chi connectivity index (χ4v) is 4.38. The summed E-state index contributed by atoms with van der Waals surface area (Å²) in [6.07, 6.45) is 6.74. The van der Waals surface area contributed by atoms with Gasteiger partial charge in [-0.2, -0.15) is 9.61 Å². The SMILES string of the molecule is CN1CCC(N(C)c2cc(=NC3CC3)n3nc/c(=C/c4sc(=O)[nH]c4O)c3n2)C1. The van der Waals surface area contributed by atoms with E-state index < -0.39 is 0 Å². The Bertz CT molecular complexity index is 1240. The number of likely N-dealkylation sites (tertiary alicyclic amines) is 1. The Morgan fingerprint density at radius 2 is 2.24 bits per heavy atom. The summed E-state index contributed by atoms with van der Waals surface area (Å²) in [4.78, 5) is 28.3. The fourth-order valence-electron chi connectivity index (χ4n) is 3.70. The first kappa shape index (κ1) is 18.3. The molecule has 4 heterocycles. The summed E-state index contributed by atoms with van der Waals surface area (Å²) in [6.45, 7) is 2.08. The molecule has 1 saturated carbocycles. The van der Waals surface area contributed by atoms with Crippen LogP contribution in [0, 0.1) is 0 Å². The van der Waals surface area contributed by atoms with Crippen LogP contribution in [0.3, 0.4) is 0 Å². The van der Waals surface area contributed by atoms with Crippen LogP contribution >= 0.6 is 11.3 Å². The molecule has 2 N–H and O–H groups in total. The second-order valence-electron chi connectivity index (χ2n) is 7.86. The zero-order valence-electron chi connectivity index (χ0n) is 16.4. The lowest BCUT2D eigenvalue weighted by Gasteiger charge is -2.25. The van der Waals surface area contributed by atoms with Gasteiger partial charge in [0.15, 0.2) is 11.1 Å². The minimum Gasteiger partial charge on any atom is -0.493 e. The van der Waals surface area contributed by atoms with Gasteiger partial charge in [0.05, 0.1) is 17.1 Å². The molecule has 9 nitrogen and oxygen atoms in total. The van der Waals surface area contributed by atoms with Gasteiger partial charge in [-0.25, -0.2) is 4.98 Å². The monoisotopic (exact) mass is 413 g/mol. The Balaban J connectivity index is 1.67. The van der Waals surface area contributed by atoms with Gasteiger partial charge in [0.2, 0.25) is 5.88 Å². The molecule has 2 fully saturated rings. The Morgan fingerprint density at radius 3 is 2.90 bits per heavy atom. The number of nitrogens with one attached hydrogen (secondary N) is 1. The molecular weight excluding hydrogens is 390 g/mol. The number of aromatic hydroxyl groups is 1. The molecule has 1 aliphatic heterocycles. The van der Waals surface area contributed by atoms with Crippen LogP contribution in [0.25, 0.3) is 11.7 Å². The van der Waals surface area contributed by atoms with Crippen molar-refractivity contribution in [1.82, 2.24) is 24.5 Å². The fraction of sp³-hybridized carbons (Fsp3) is 0.474. The number of likely N-dealkylation sites (N-methyl/N-ethyl adjacent to an activating group) is 2. The maximum atomic E-state index is 11.5. The number of H-pyrrole nitrogens is 1. The third-order valence-corrected chi connectivity index (χ3v) is 6.37. The van der Waals surface area contributed by atoms with Crippen LogP contribution < -0.4 is 20.5 Å². The predicted octanol–water partition coefficient (Wildman–Crippen LogP) is -0.0642. The highest BCUT2D eigenvalue weighted by molar-refractivity contribution is 7.10. The van der Waals surface area contributed by atoms with E-state index in [0.29, 0.717) is 22.6 Å². The smallest absolute Gasteiger partial charge is 0.307 e. The van der Waals surface area contributed by atoms with Gasteiger partial charge < -0.3 is 14.9 Å². The van der Waals surface area contributed by atoms with Gasteiger partial charge in [-0.1, -0.05) is 11.3 Å². The third kappa shape index (κ3) is 3.53. The van der Waals surface area contributed by atoms with Gasteiger partial charge in [0, 0.05) is 30.9 Å². The zero-order chi connectivity index (χ0) is 20.1. The molecular formula is C19H23N7O2S. The molecule has 152 valence electrons. The van der Waals surface area contributed by atoms with Crippen LogP contribution in [0.2, 0.25) is 0 Å². The van der Waals surface area contributed by atoms with Gasteiger partial charge in [-0.05, 0) is 38.9 Å². The zero-order valence-corrected chi connectivity index (χ0v) is 17.2. The highest BCUT2D eigenvalue weighted by Crippen LogP contribution is 2.23. The molecule has 1 atom stereocenters. The van der Waals surface area contributed by atoms with Gasteiger partial charge in [0.1, 0.15) is 5.82 Å². The number of fused-ring (bicyclic) bond motifs is 1. The molecule has 1 unspecified atom stereocenters. The van der Waals surface area contributed by atoms with Crippen LogP contribution in [0.5, 0.6) is 5.88 Å². The molecule has 1 saturated heterocycles. The summed E-state index contributed by atoms with van der Waals surface area (Å²) >= 11 is 0.956. The Hall–Kier alpha value is -2.72. The van der Waals surface area contributed by atoms with Crippen molar-refractivity contribution in [2.75, 3.05) is 32.1 Å². The molecule has 2 aliphatic rings. The molecule has 0 aromatic carbocycles. The van der Waals surface area contributed by atoms with E-state index in [-0.39, 0.29) is 10.8 Å². The molecule has 29 heavy (non-hydrogen) atoms. The van der Waals surface area contributed by atoms with Crippen molar-refractivity contribution in [3.63, 3.8) is 0 Å². The molecule has 0 bridgehead atoms. The predicted molar refractivity (Wildman–Crippen MR) is 111 cm³/mol. The molecule has 1 aliphatic carbocycles. The van der Waals surface area contributed by atoms with E-state index in [1.807, 2.05) is 6.07 Å². The van der Waals surface area contributed by atoms with E-state index in [4.69, 9.17) is 9.98 Å². The average molecular weight is 414 g/mol. The van der Waals surface area contributed by atoms with Crippen molar-refractivity contribution in [2.45, 2.75) is 31.3 Å². The normalized spacial score (nSPS) is 21.5. The van der Waals surface area contributed by atoms with Crippen molar-refractivity contribution in [3.8, 4) is 5.88 Å². The van der Waals surface area contributed by atoms with Crippen molar-refractivity contribution in [1.29, 1.82) is 0 Å². The quantitative estimate of drug-likeness (QED) is 0.621. The molecule has 0 spiro atoms. The van der Waals surface area contributed by atoms with E-state index in [2.05, 4.69) is 34.0 Å². The molecule has 5 rings (SSSR count). The van der Waals surface area contributed by atoms with Crippen LogP contribution in [0.4, 0.5) is 5.82 Å². The molecule has 0 radical (unpaired) electrons. The van der Waals surface area contributed by atoms with Gasteiger partial charge in [-0.3, -0.25) is 14.8 Å².